The smallest absolute Gasteiger partial charge is 0.228 e. The van der Waals surface area contributed by atoms with Crippen molar-refractivity contribution in [2.45, 2.75) is 84.1 Å². The first-order chi connectivity index (χ1) is 17.9. The number of imidazole rings is 1. The summed E-state index contributed by atoms with van der Waals surface area (Å²) in [7, 11) is 0. The van der Waals surface area contributed by atoms with Crippen molar-refractivity contribution >= 4 is 17.3 Å². The lowest BCUT2D eigenvalue weighted by molar-refractivity contribution is -0.132. The molecular formula is C31H42N4O2. The van der Waals surface area contributed by atoms with Gasteiger partial charge in [0.15, 0.2) is 5.78 Å². The standard InChI is InChI=1S/C31H42N4O2/c1-21(2)33-10-12-34(13-11-33)29(37)15-24-19-35-26(6-5-8-28(35)32-24)27(36)7-3-4-9-30-16-22-14-25(22)31(20-30)18-23(31)17-30/h5-6,8,19,21-23,25H,3-4,7,9-18,20H2,1-2H3. The molecule has 1 amide bonds. The van der Waals surface area contributed by atoms with Crippen LogP contribution in [0.25, 0.3) is 5.65 Å². The van der Waals surface area contributed by atoms with E-state index in [9.17, 15) is 9.59 Å². The summed E-state index contributed by atoms with van der Waals surface area (Å²) in [6.07, 6.45) is 13.8. The van der Waals surface area contributed by atoms with Gasteiger partial charge >= 0.3 is 0 Å². The molecule has 4 aliphatic carbocycles. The van der Waals surface area contributed by atoms with Crippen molar-refractivity contribution in [1.29, 1.82) is 0 Å². The largest absolute Gasteiger partial charge is 0.340 e. The van der Waals surface area contributed by atoms with Crippen LogP contribution in [0.3, 0.4) is 0 Å². The highest BCUT2D eigenvalue weighted by atomic mass is 16.2. The first kappa shape index (κ1) is 23.9. The Bertz CT molecular complexity index is 1220. The van der Waals surface area contributed by atoms with Crippen molar-refractivity contribution in [3.8, 4) is 0 Å². The highest BCUT2D eigenvalue weighted by molar-refractivity contribution is 5.95. The van der Waals surface area contributed by atoms with Gasteiger partial charge in [-0.2, -0.15) is 0 Å². The SMILES string of the molecule is CC(C)N1CCN(C(=O)Cc2cn3c(C(=O)CCCCC45CC6CC6C6(CC6C4)C5)cccc3n2)CC1. The normalized spacial score (nSPS) is 34.0. The number of pyridine rings is 1. The molecule has 3 heterocycles. The Morgan fingerprint density at radius 2 is 1.92 bits per heavy atom. The maximum Gasteiger partial charge on any atom is 0.228 e. The zero-order chi connectivity index (χ0) is 25.4. The van der Waals surface area contributed by atoms with E-state index in [1.165, 1.54) is 44.9 Å². The number of ketones is 1. The average molecular weight is 503 g/mol. The van der Waals surface area contributed by atoms with E-state index in [0.29, 0.717) is 30.0 Å². The zero-order valence-corrected chi connectivity index (χ0v) is 22.6. The molecule has 2 bridgehead atoms. The average Bonchev–Trinajstić information content (AvgIpc) is 3.73. The minimum atomic E-state index is 0.130. The van der Waals surface area contributed by atoms with Crippen LogP contribution in [0.1, 0.15) is 87.8 Å². The third kappa shape index (κ3) is 4.14. The number of carbonyl (C=O) groups is 2. The second-order valence-corrected chi connectivity index (χ2v) is 13.5. The molecule has 5 fully saturated rings. The number of nitrogens with zero attached hydrogens (tertiary/aromatic N) is 4. The lowest BCUT2D eigenvalue weighted by Crippen LogP contribution is -2.51. The number of unbranched alkanes of at least 4 members (excludes halogenated alkanes) is 1. The monoisotopic (exact) mass is 502 g/mol. The summed E-state index contributed by atoms with van der Waals surface area (Å²) in [5, 5.41) is 0. The molecule has 6 nitrogen and oxygen atoms in total. The van der Waals surface area contributed by atoms with Crippen LogP contribution in [-0.4, -0.2) is 63.1 Å². The molecule has 0 radical (unpaired) electrons. The summed E-state index contributed by atoms with van der Waals surface area (Å²) in [6.45, 7) is 7.82. The third-order valence-electron chi connectivity index (χ3n) is 10.9. The predicted molar refractivity (Wildman–Crippen MR) is 143 cm³/mol. The van der Waals surface area contributed by atoms with E-state index in [4.69, 9.17) is 4.98 Å². The van der Waals surface area contributed by atoms with Gasteiger partial charge in [0.2, 0.25) is 5.91 Å². The maximum atomic E-state index is 13.2. The number of fused-ring (bicyclic) bond motifs is 3. The van der Waals surface area contributed by atoms with Crippen LogP contribution in [0.5, 0.6) is 0 Å². The van der Waals surface area contributed by atoms with Crippen LogP contribution in [0.15, 0.2) is 24.4 Å². The number of rotatable bonds is 9. The van der Waals surface area contributed by atoms with Crippen molar-refractivity contribution in [2.24, 2.45) is 28.6 Å². The molecule has 198 valence electrons. The van der Waals surface area contributed by atoms with Gasteiger partial charge in [0.05, 0.1) is 17.8 Å². The Balaban J connectivity index is 0.941. The lowest BCUT2D eigenvalue weighted by atomic mass is 9.68. The van der Waals surface area contributed by atoms with E-state index in [1.807, 2.05) is 33.7 Å². The Hall–Kier alpha value is -2.21. The Morgan fingerprint density at radius 3 is 2.73 bits per heavy atom. The van der Waals surface area contributed by atoms with Crippen molar-refractivity contribution in [3.63, 3.8) is 0 Å². The maximum absolute atomic E-state index is 13.2. The molecule has 5 aliphatic rings. The first-order valence-electron chi connectivity index (χ1n) is 14.9. The highest BCUT2D eigenvalue weighted by Gasteiger charge is 2.75. The van der Waals surface area contributed by atoms with Crippen LogP contribution in [0.4, 0.5) is 0 Å². The van der Waals surface area contributed by atoms with Crippen LogP contribution in [0.2, 0.25) is 0 Å². The molecule has 1 saturated heterocycles. The molecule has 5 unspecified atom stereocenters. The van der Waals surface area contributed by atoms with E-state index < -0.39 is 0 Å². The minimum Gasteiger partial charge on any atom is -0.340 e. The van der Waals surface area contributed by atoms with Gasteiger partial charge in [0.1, 0.15) is 5.65 Å². The predicted octanol–water partition coefficient (Wildman–Crippen LogP) is 5.00. The summed E-state index contributed by atoms with van der Waals surface area (Å²) in [5.41, 5.74) is 3.62. The molecular weight excluding hydrogens is 460 g/mol. The van der Waals surface area contributed by atoms with Gasteiger partial charge < -0.3 is 4.90 Å². The zero-order valence-electron chi connectivity index (χ0n) is 22.6. The Kier molecular flexibility index (Phi) is 5.58. The molecule has 2 aromatic rings. The van der Waals surface area contributed by atoms with Crippen LogP contribution in [0, 0.1) is 28.6 Å². The number of carbonyl (C=O) groups excluding carboxylic acids is 2. The molecule has 37 heavy (non-hydrogen) atoms. The van der Waals surface area contributed by atoms with Crippen LogP contribution >= 0.6 is 0 Å². The molecule has 6 heteroatoms. The van der Waals surface area contributed by atoms with E-state index in [-0.39, 0.29) is 11.7 Å². The van der Waals surface area contributed by atoms with Gasteiger partial charge in [-0.05, 0) is 99.5 Å². The van der Waals surface area contributed by atoms with Crippen LogP contribution in [-0.2, 0) is 11.2 Å². The highest BCUT2D eigenvalue weighted by Crippen LogP contribution is 2.84. The van der Waals surface area contributed by atoms with Crippen molar-refractivity contribution in [2.75, 3.05) is 26.2 Å². The second kappa shape index (κ2) is 8.65. The lowest BCUT2D eigenvalue weighted by Gasteiger charge is -2.36. The van der Waals surface area contributed by atoms with Crippen molar-refractivity contribution in [1.82, 2.24) is 19.2 Å². The van der Waals surface area contributed by atoms with Crippen molar-refractivity contribution < 1.29 is 9.59 Å². The first-order valence-corrected chi connectivity index (χ1v) is 14.9. The summed E-state index contributed by atoms with van der Waals surface area (Å²) < 4.78 is 1.91. The topological polar surface area (TPSA) is 57.9 Å². The van der Waals surface area contributed by atoms with E-state index >= 15 is 0 Å². The molecule has 0 N–H and O–H groups in total. The molecule has 4 saturated carbocycles. The Morgan fingerprint density at radius 1 is 1.08 bits per heavy atom. The van der Waals surface area contributed by atoms with Gasteiger partial charge in [-0.3, -0.25) is 18.9 Å². The van der Waals surface area contributed by atoms with E-state index in [0.717, 1.165) is 67.1 Å². The molecule has 2 aromatic heterocycles. The van der Waals surface area contributed by atoms with Gasteiger partial charge in [-0.15, -0.1) is 0 Å². The molecule has 1 spiro atoms. The number of hydrogen-bond acceptors (Lipinski definition) is 4. The third-order valence-corrected chi connectivity index (χ3v) is 10.9. The summed E-state index contributed by atoms with van der Waals surface area (Å²) in [6, 6.07) is 6.28. The van der Waals surface area contributed by atoms with Gasteiger partial charge in [-0.1, -0.05) is 12.5 Å². The van der Waals surface area contributed by atoms with Crippen LogP contribution < -0.4 is 0 Å². The number of aromatic nitrogens is 2. The number of Topliss-reactive ketones (excluding diaryl/α,β-unsaturated/α-hetero) is 1. The number of piperazine rings is 1. The molecule has 1 aliphatic heterocycles. The van der Waals surface area contributed by atoms with Gasteiger partial charge in [-0.25, -0.2) is 4.98 Å². The summed E-state index contributed by atoms with van der Waals surface area (Å²) in [5.74, 6) is 3.52. The van der Waals surface area contributed by atoms with E-state index in [2.05, 4.69) is 18.7 Å². The second-order valence-electron chi connectivity index (χ2n) is 13.5. The molecule has 5 atom stereocenters. The molecule has 7 rings (SSSR count). The molecule has 0 aromatic carbocycles. The number of amides is 1. The van der Waals surface area contributed by atoms with Gasteiger partial charge in [0, 0.05) is 44.8 Å². The Labute approximate surface area is 220 Å². The van der Waals surface area contributed by atoms with Gasteiger partial charge in [0.25, 0.3) is 0 Å². The minimum absolute atomic E-state index is 0.130. The summed E-state index contributed by atoms with van der Waals surface area (Å²) in [4.78, 5) is 35.2. The number of hydrogen-bond donors (Lipinski definition) is 0. The van der Waals surface area contributed by atoms with E-state index in [1.54, 1.807) is 0 Å². The fraction of sp³-hybridized carbons (Fsp3) is 0.710. The fourth-order valence-corrected chi connectivity index (χ4v) is 8.99. The summed E-state index contributed by atoms with van der Waals surface area (Å²) >= 11 is 0. The quantitative estimate of drug-likeness (QED) is 0.358. The fourth-order valence-electron chi connectivity index (χ4n) is 8.99. The van der Waals surface area contributed by atoms with Crippen molar-refractivity contribution in [3.05, 3.63) is 35.8 Å².